The van der Waals surface area contributed by atoms with E-state index in [1.165, 1.54) is 6.92 Å². The molecule has 1 aliphatic heterocycles. The Bertz CT molecular complexity index is 822. The fraction of sp³-hybridized carbons (Fsp3) is 0.500. The number of carbonyl (C=O) groups is 1. The molecule has 0 amide bonds. The summed E-state index contributed by atoms with van der Waals surface area (Å²) in [6.45, 7) is 7.52. The molecular formula is C18H23N3O4. The van der Waals surface area contributed by atoms with Gasteiger partial charge in [-0.3, -0.25) is 14.5 Å². The van der Waals surface area contributed by atoms with E-state index >= 15 is 0 Å². The van der Waals surface area contributed by atoms with Crippen LogP contribution in [0.2, 0.25) is 0 Å². The van der Waals surface area contributed by atoms with Gasteiger partial charge in [0, 0.05) is 32.4 Å². The first-order valence-electron chi connectivity index (χ1n) is 8.47. The molecule has 0 atom stereocenters. The molecule has 0 aromatic carbocycles. The van der Waals surface area contributed by atoms with Crippen molar-refractivity contribution in [1.82, 2.24) is 14.9 Å². The van der Waals surface area contributed by atoms with Crippen molar-refractivity contribution in [2.24, 2.45) is 0 Å². The number of fused-ring (bicyclic) bond motifs is 1. The maximum Gasteiger partial charge on any atom is 0.303 e. The fourth-order valence-corrected chi connectivity index (χ4v) is 2.89. The van der Waals surface area contributed by atoms with Gasteiger partial charge in [-0.2, -0.15) is 0 Å². The highest BCUT2D eigenvalue weighted by molar-refractivity contribution is 5.65. The zero-order chi connectivity index (χ0) is 18.0. The average Bonchev–Trinajstić information content (AvgIpc) is 3.00. The average molecular weight is 345 g/mol. The summed E-state index contributed by atoms with van der Waals surface area (Å²) in [5.41, 5.74) is 1.59. The molecule has 7 heteroatoms. The first-order valence-corrected chi connectivity index (χ1v) is 8.47. The molecule has 0 spiro atoms. The maximum absolute atomic E-state index is 12.3. The molecule has 1 N–H and O–H groups in total. The van der Waals surface area contributed by atoms with Crippen LogP contribution in [-0.2, 0) is 35.6 Å². The predicted molar refractivity (Wildman–Crippen MR) is 90.9 cm³/mol. The molecule has 2 aromatic heterocycles. The summed E-state index contributed by atoms with van der Waals surface area (Å²) in [6.07, 6.45) is 0.750. The molecule has 0 unspecified atom stereocenters. The van der Waals surface area contributed by atoms with Crippen LogP contribution >= 0.6 is 0 Å². The van der Waals surface area contributed by atoms with Crippen LogP contribution in [0.3, 0.4) is 0 Å². The largest absolute Gasteiger partial charge is 0.461 e. The second kappa shape index (κ2) is 7.23. The minimum Gasteiger partial charge on any atom is -0.461 e. The van der Waals surface area contributed by atoms with Gasteiger partial charge in [0.05, 0.1) is 17.8 Å². The molecule has 7 nitrogen and oxygen atoms in total. The number of rotatable bonds is 5. The van der Waals surface area contributed by atoms with Gasteiger partial charge in [0.2, 0.25) is 0 Å². The highest BCUT2D eigenvalue weighted by Gasteiger charge is 2.22. The van der Waals surface area contributed by atoms with Gasteiger partial charge < -0.3 is 14.1 Å². The van der Waals surface area contributed by atoms with Crippen LogP contribution < -0.4 is 5.56 Å². The summed E-state index contributed by atoms with van der Waals surface area (Å²) in [5, 5.41) is 0. The van der Waals surface area contributed by atoms with E-state index in [2.05, 4.69) is 14.9 Å². The Kier molecular flexibility index (Phi) is 5.03. The quantitative estimate of drug-likeness (QED) is 0.835. The Morgan fingerprint density at radius 3 is 2.88 bits per heavy atom. The molecule has 0 saturated carbocycles. The summed E-state index contributed by atoms with van der Waals surface area (Å²) in [4.78, 5) is 32.8. The molecule has 1 aliphatic rings. The normalized spacial score (nSPS) is 14.6. The third kappa shape index (κ3) is 4.17. The number of nitrogens with one attached hydrogen (secondary N) is 1. The van der Waals surface area contributed by atoms with Crippen molar-refractivity contribution in [1.29, 1.82) is 0 Å². The van der Waals surface area contributed by atoms with Crippen molar-refractivity contribution in [2.45, 2.75) is 52.8 Å². The van der Waals surface area contributed by atoms with Crippen molar-refractivity contribution in [3.05, 3.63) is 51.1 Å². The predicted octanol–water partition coefficient (Wildman–Crippen LogP) is 2.11. The van der Waals surface area contributed by atoms with E-state index in [1.54, 1.807) is 6.07 Å². The van der Waals surface area contributed by atoms with Crippen LogP contribution in [0.25, 0.3) is 0 Å². The van der Waals surface area contributed by atoms with Crippen LogP contribution in [0.15, 0.2) is 21.3 Å². The third-order valence-corrected chi connectivity index (χ3v) is 4.23. The third-order valence-electron chi connectivity index (χ3n) is 4.23. The first-order chi connectivity index (χ1) is 11.9. The van der Waals surface area contributed by atoms with Crippen LogP contribution in [0, 0.1) is 0 Å². The van der Waals surface area contributed by atoms with Crippen LogP contribution in [0.1, 0.15) is 55.3 Å². The molecule has 0 aliphatic carbocycles. The zero-order valence-electron chi connectivity index (χ0n) is 14.8. The van der Waals surface area contributed by atoms with Gasteiger partial charge >= 0.3 is 5.97 Å². The van der Waals surface area contributed by atoms with Gasteiger partial charge in [0.25, 0.3) is 5.56 Å². The molecule has 3 rings (SSSR count). The molecule has 3 heterocycles. The first kappa shape index (κ1) is 17.4. The molecule has 2 aromatic rings. The number of H-pyrrole nitrogens is 1. The minimum absolute atomic E-state index is 0.0478. The van der Waals surface area contributed by atoms with E-state index in [1.807, 2.05) is 19.9 Å². The Morgan fingerprint density at radius 1 is 1.40 bits per heavy atom. The van der Waals surface area contributed by atoms with Crippen LogP contribution in [0.5, 0.6) is 0 Å². The molecule has 134 valence electrons. The topological polar surface area (TPSA) is 88.4 Å². The Labute approximate surface area is 146 Å². The fourth-order valence-electron chi connectivity index (χ4n) is 2.89. The maximum atomic E-state index is 12.3. The highest BCUT2D eigenvalue weighted by Crippen LogP contribution is 2.19. The van der Waals surface area contributed by atoms with Gasteiger partial charge in [0.1, 0.15) is 24.0 Å². The number of furan rings is 1. The number of carbonyl (C=O) groups excluding carboxylic acids is 1. The number of nitrogens with zero attached hydrogens (tertiary/aromatic N) is 2. The molecule has 0 radical (unpaired) electrons. The van der Waals surface area contributed by atoms with E-state index in [4.69, 9.17) is 9.15 Å². The SMILES string of the molecule is CC(=O)OCc1ccc(CN2CCc3nc(C(C)C)[nH]c(=O)c3C2)o1. The summed E-state index contributed by atoms with van der Waals surface area (Å²) in [5.74, 6) is 2.02. The van der Waals surface area contributed by atoms with Gasteiger partial charge in [-0.05, 0) is 12.1 Å². The number of esters is 1. The summed E-state index contributed by atoms with van der Waals surface area (Å²) in [7, 11) is 0. The van der Waals surface area contributed by atoms with Crippen molar-refractivity contribution in [2.75, 3.05) is 6.54 Å². The molecule has 25 heavy (non-hydrogen) atoms. The van der Waals surface area contributed by atoms with Gasteiger partial charge in [0.15, 0.2) is 0 Å². The standard InChI is InChI=1S/C18H23N3O4/c1-11(2)17-19-16-6-7-21(9-15(16)18(23)20-17)8-13-4-5-14(25-13)10-24-12(3)22/h4-5,11H,6-10H2,1-3H3,(H,19,20,23). The second-order valence-corrected chi connectivity index (χ2v) is 6.64. The van der Waals surface area contributed by atoms with Gasteiger partial charge in [-0.15, -0.1) is 0 Å². The highest BCUT2D eigenvalue weighted by atomic mass is 16.5. The molecule has 0 bridgehead atoms. The zero-order valence-corrected chi connectivity index (χ0v) is 14.8. The van der Waals surface area contributed by atoms with E-state index in [0.717, 1.165) is 35.8 Å². The number of ether oxygens (including phenoxy) is 1. The van der Waals surface area contributed by atoms with Gasteiger partial charge in [-0.25, -0.2) is 4.98 Å². The summed E-state index contributed by atoms with van der Waals surface area (Å²) < 4.78 is 10.6. The Hall–Kier alpha value is -2.41. The van der Waals surface area contributed by atoms with E-state index in [9.17, 15) is 9.59 Å². The number of aromatic nitrogens is 2. The van der Waals surface area contributed by atoms with Crippen molar-refractivity contribution in [3.63, 3.8) is 0 Å². The minimum atomic E-state index is -0.335. The second-order valence-electron chi connectivity index (χ2n) is 6.64. The number of hydrogen-bond donors (Lipinski definition) is 1. The lowest BCUT2D eigenvalue weighted by atomic mass is 10.1. The lowest BCUT2D eigenvalue weighted by Crippen LogP contribution is -2.35. The van der Waals surface area contributed by atoms with Gasteiger partial charge in [-0.1, -0.05) is 13.8 Å². The number of aromatic amines is 1. The lowest BCUT2D eigenvalue weighted by Gasteiger charge is -2.27. The van der Waals surface area contributed by atoms with E-state index < -0.39 is 0 Å². The van der Waals surface area contributed by atoms with E-state index in [-0.39, 0.29) is 24.1 Å². The Morgan fingerprint density at radius 2 is 2.16 bits per heavy atom. The molecule has 0 fully saturated rings. The summed E-state index contributed by atoms with van der Waals surface area (Å²) >= 11 is 0. The van der Waals surface area contributed by atoms with E-state index in [0.29, 0.717) is 18.8 Å². The lowest BCUT2D eigenvalue weighted by molar-refractivity contribution is -0.142. The molecule has 0 saturated heterocycles. The van der Waals surface area contributed by atoms with Crippen LogP contribution in [0.4, 0.5) is 0 Å². The monoisotopic (exact) mass is 345 g/mol. The Balaban J connectivity index is 1.67. The van der Waals surface area contributed by atoms with Crippen molar-refractivity contribution < 1.29 is 13.9 Å². The summed E-state index contributed by atoms with van der Waals surface area (Å²) in [6, 6.07) is 3.68. The molecular weight excluding hydrogens is 322 g/mol. The van der Waals surface area contributed by atoms with Crippen LogP contribution in [-0.4, -0.2) is 27.4 Å². The smallest absolute Gasteiger partial charge is 0.303 e. The number of hydrogen-bond acceptors (Lipinski definition) is 6. The van der Waals surface area contributed by atoms with Crippen molar-refractivity contribution in [3.8, 4) is 0 Å². The van der Waals surface area contributed by atoms with Crippen molar-refractivity contribution >= 4 is 5.97 Å².